The van der Waals surface area contributed by atoms with Crippen molar-refractivity contribution in [3.8, 4) is 23.0 Å². The molecule has 9 nitrogen and oxygen atoms in total. The Kier molecular flexibility index (Phi) is 4.97. The number of aromatic nitrogens is 2. The van der Waals surface area contributed by atoms with Crippen LogP contribution in [0, 0.1) is 0 Å². The molecule has 0 saturated carbocycles. The summed E-state index contributed by atoms with van der Waals surface area (Å²) in [5.41, 5.74) is 0.0183. The minimum Gasteiger partial charge on any atom is -0.490 e. The monoisotopic (exact) mass is 454 g/mol. The zero-order valence-electron chi connectivity index (χ0n) is 17.1. The van der Waals surface area contributed by atoms with E-state index in [1.54, 1.807) is 49.4 Å². The minimum absolute atomic E-state index is 0.123. The number of benzene rings is 2. The van der Waals surface area contributed by atoms with Crippen LogP contribution in [0.2, 0.25) is 5.02 Å². The zero-order valence-corrected chi connectivity index (χ0v) is 17.9. The number of urea groups is 1. The topological polar surface area (TPSA) is 107 Å². The maximum atomic E-state index is 13.3. The van der Waals surface area contributed by atoms with E-state index in [0.29, 0.717) is 40.9 Å². The van der Waals surface area contributed by atoms with Crippen molar-refractivity contribution in [2.24, 2.45) is 0 Å². The highest BCUT2D eigenvalue weighted by Crippen LogP contribution is 2.37. The highest BCUT2D eigenvalue weighted by atomic mass is 35.5. The van der Waals surface area contributed by atoms with Crippen LogP contribution in [0.4, 0.5) is 4.79 Å². The van der Waals surface area contributed by atoms with Crippen molar-refractivity contribution in [1.29, 1.82) is 0 Å². The highest BCUT2D eigenvalue weighted by molar-refractivity contribution is 6.30. The molecule has 1 unspecified atom stereocenters. The third-order valence-corrected chi connectivity index (χ3v) is 5.71. The summed E-state index contributed by atoms with van der Waals surface area (Å²) in [7, 11) is 0. The number of carbonyl (C=O) groups excluding carboxylic acids is 2. The van der Waals surface area contributed by atoms with Crippen LogP contribution >= 0.6 is 11.6 Å². The van der Waals surface area contributed by atoms with Gasteiger partial charge in [0.05, 0.1) is 19.8 Å². The number of imide groups is 1. The van der Waals surface area contributed by atoms with E-state index in [1.807, 2.05) is 0 Å². The fourth-order valence-corrected chi connectivity index (χ4v) is 3.81. The summed E-state index contributed by atoms with van der Waals surface area (Å²) in [5.74, 6) is 1.23. The summed E-state index contributed by atoms with van der Waals surface area (Å²) in [5, 5.41) is 7.27. The first-order valence-corrected chi connectivity index (χ1v) is 10.4. The van der Waals surface area contributed by atoms with Gasteiger partial charge in [-0.2, -0.15) is 4.98 Å². The SMILES string of the molecule is CC1(c2ccc3c(c2)OCCCO3)NC(=O)N(Cc2noc(-c3ccc(Cl)cc3)n2)C1=O. The molecule has 0 bridgehead atoms. The fraction of sp³-hybridized carbons (Fsp3) is 0.273. The van der Waals surface area contributed by atoms with Crippen molar-refractivity contribution in [2.75, 3.05) is 13.2 Å². The second-order valence-electron chi connectivity index (χ2n) is 7.68. The van der Waals surface area contributed by atoms with Gasteiger partial charge in [-0.3, -0.25) is 9.69 Å². The van der Waals surface area contributed by atoms with Gasteiger partial charge in [-0.1, -0.05) is 22.8 Å². The number of ether oxygens (including phenoxy) is 2. The van der Waals surface area contributed by atoms with Gasteiger partial charge in [0.25, 0.3) is 11.8 Å². The molecule has 2 aromatic carbocycles. The van der Waals surface area contributed by atoms with E-state index < -0.39 is 17.5 Å². The van der Waals surface area contributed by atoms with E-state index in [9.17, 15) is 9.59 Å². The summed E-state index contributed by atoms with van der Waals surface area (Å²) in [4.78, 5) is 31.3. The molecule has 0 radical (unpaired) electrons. The van der Waals surface area contributed by atoms with E-state index in [4.69, 9.17) is 25.6 Å². The number of halogens is 1. The Balaban J connectivity index is 1.37. The van der Waals surface area contributed by atoms with Gasteiger partial charge in [0, 0.05) is 17.0 Å². The van der Waals surface area contributed by atoms with Crippen LogP contribution < -0.4 is 14.8 Å². The van der Waals surface area contributed by atoms with E-state index in [0.717, 1.165) is 11.3 Å². The molecule has 1 saturated heterocycles. The Hall–Kier alpha value is -3.59. The number of nitrogens with one attached hydrogen (secondary N) is 1. The molecule has 5 rings (SSSR count). The van der Waals surface area contributed by atoms with Gasteiger partial charge in [-0.25, -0.2) is 4.79 Å². The summed E-state index contributed by atoms with van der Waals surface area (Å²) in [6.45, 7) is 2.62. The Morgan fingerprint density at radius 3 is 2.62 bits per heavy atom. The number of hydrogen-bond acceptors (Lipinski definition) is 7. The Morgan fingerprint density at radius 2 is 1.84 bits per heavy atom. The molecule has 3 aromatic rings. The van der Waals surface area contributed by atoms with Gasteiger partial charge in [-0.15, -0.1) is 0 Å². The zero-order chi connectivity index (χ0) is 22.3. The summed E-state index contributed by atoms with van der Waals surface area (Å²) < 4.78 is 16.7. The molecule has 1 fully saturated rings. The van der Waals surface area contributed by atoms with Crippen molar-refractivity contribution in [2.45, 2.75) is 25.4 Å². The summed E-state index contributed by atoms with van der Waals surface area (Å²) in [6, 6.07) is 11.6. The first-order chi connectivity index (χ1) is 15.4. The van der Waals surface area contributed by atoms with E-state index in [1.165, 1.54) is 0 Å². The number of hydrogen-bond donors (Lipinski definition) is 1. The fourth-order valence-electron chi connectivity index (χ4n) is 3.68. The van der Waals surface area contributed by atoms with E-state index >= 15 is 0 Å². The molecule has 1 N–H and O–H groups in total. The van der Waals surface area contributed by atoms with Crippen LogP contribution in [0.15, 0.2) is 47.0 Å². The Bertz CT molecular complexity index is 1200. The maximum Gasteiger partial charge on any atom is 0.325 e. The molecule has 3 heterocycles. The molecule has 2 aliphatic heterocycles. The second-order valence-corrected chi connectivity index (χ2v) is 8.12. The van der Waals surface area contributed by atoms with Crippen LogP contribution in [-0.2, 0) is 16.9 Å². The molecule has 0 spiro atoms. The van der Waals surface area contributed by atoms with Crippen molar-refractivity contribution < 1.29 is 23.6 Å². The number of carbonyl (C=O) groups is 2. The number of rotatable bonds is 4. The number of fused-ring (bicyclic) bond motifs is 1. The third kappa shape index (κ3) is 3.54. The molecule has 1 aromatic heterocycles. The lowest BCUT2D eigenvalue weighted by molar-refractivity contribution is -0.131. The molecule has 1 atom stereocenters. The number of nitrogens with zero attached hydrogens (tertiary/aromatic N) is 3. The van der Waals surface area contributed by atoms with E-state index in [-0.39, 0.29) is 18.3 Å². The summed E-state index contributed by atoms with van der Waals surface area (Å²) >= 11 is 5.90. The van der Waals surface area contributed by atoms with Gasteiger partial charge in [0.2, 0.25) is 0 Å². The molecule has 3 amide bonds. The Labute approximate surface area is 188 Å². The molecular formula is C22H19ClN4O5. The van der Waals surface area contributed by atoms with Gasteiger partial charge in [-0.05, 0) is 48.9 Å². The van der Waals surface area contributed by atoms with Crippen LogP contribution in [0.25, 0.3) is 11.5 Å². The lowest BCUT2D eigenvalue weighted by Crippen LogP contribution is -2.40. The van der Waals surface area contributed by atoms with Crippen molar-refractivity contribution in [1.82, 2.24) is 20.4 Å². The molecular weight excluding hydrogens is 436 g/mol. The average molecular weight is 455 g/mol. The van der Waals surface area contributed by atoms with Gasteiger partial charge in [0.1, 0.15) is 5.54 Å². The van der Waals surface area contributed by atoms with Crippen LogP contribution in [-0.4, -0.2) is 40.2 Å². The molecule has 10 heteroatoms. The molecule has 32 heavy (non-hydrogen) atoms. The lowest BCUT2D eigenvalue weighted by Gasteiger charge is -2.23. The first-order valence-electron chi connectivity index (χ1n) is 10.1. The normalized spacial score (nSPS) is 20.2. The molecule has 164 valence electrons. The predicted octanol–water partition coefficient (Wildman–Crippen LogP) is 3.52. The van der Waals surface area contributed by atoms with Crippen molar-refractivity contribution >= 4 is 23.5 Å². The van der Waals surface area contributed by atoms with E-state index in [2.05, 4.69) is 15.5 Å². The smallest absolute Gasteiger partial charge is 0.325 e. The molecule has 2 aliphatic rings. The third-order valence-electron chi connectivity index (χ3n) is 5.46. The van der Waals surface area contributed by atoms with Crippen molar-refractivity contribution in [3.05, 3.63) is 58.9 Å². The number of amides is 3. The maximum absolute atomic E-state index is 13.3. The van der Waals surface area contributed by atoms with Crippen molar-refractivity contribution in [3.63, 3.8) is 0 Å². The quantitative estimate of drug-likeness (QED) is 0.601. The first kappa shape index (κ1) is 20.3. The summed E-state index contributed by atoms with van der Waals surface area (Å²) in [6.07, 6.45) is 0.771. The average Bonchev–Trinajstić information content (AvgIpc) is 3.23. The molecule has 0 aliphatic carbocycles. The van der Waals surface area contributed by atoms with Gasteiger partial charge >= 0.3 is 6.03 Å². The van der Waals surface area contributed by atoms with Gasteiger partial charge < -0.3 is 19.3 Å². The van der Waals surface area contributed by atoms with Gasteiger partial charge in [0.15, 0.2) is 17.3 Å². The van der Waals surface area contributed by atoms with Crippen LogP contribution in [0.5, 0.6) is 11.5 Å². The minimum atomic E-state index is -1.26. The lowest BCUT2D eigenvalue weighted by atomic mass is 9.91. The largest absolute Gasteiger partial charge is 0.490 e. The van der Waals surface area contributed by atoms with Crippen LogP contribution in [0.1, 0.15) is 24.7 Å². The predicted molar refractivity (Wildman–Crippen MR) is 113 cm³/mol. The standard InChI is InChI=1S/C22H19ClN4O5/c1-22(14-5-8-16-17(11-14)31-10-2-9-30-16)20(28)27(21(29)25-22)12-18-24-19(32-26-18)13-3-6-15(23)7-4-13/h3-8,11H,2,9-10,12H2,1H3,(H,25,29). The second kappa shape index (κ2) is 7.83. The highest BCUT2D eigenvalue weighted by Gasteiger charge is 2.49. The Morgan fingerprint density at radius 1 is 1.09 bits per heavy atom. The van der Waals surface area contributed by atoms with Crippen LogP contribution in [0.3, 0.4) is 0 Å².